The molecule has 0 saturated carbocycles. The highest BCUT2D eigenvalue weighted by Crippen LogP contribution is 2.20. The van der Waals surface area contributed by atoms with Crippen molar-refractivity contribution in [3.63, 3.8) is 0 Å². The number of aromatic nitrogens is 1. The molecule has 0 saturated heterocycles. The van der Waals surface area contributed by atoms with E-state index >= 15 is 0 Å². The Bertz CT molecular complexity index is 626. The third-order valence-corrected chi connectivity index (χ3v) is 3.07. The Kier molecular flexibility index (Phi) is 3.98. The highest BCUT2D eigenvalue weighted by molar-refractivity contribution is 5.87. The number of carboxylic acid groups (broad SMARTS) is 1. The van der Waals surface area contributed by atoms with Gasteiger partial charge in [0.15, 0.2) is 0 Å². The maximum atomic E-state index is 13.5. The zero-order chi connectivity index (χ0) is 14.7. The van der Waals surface area contributed by atoms with Crippen LogP contribution < -0.4 is 5.32 Å². The van der Waals surface area contributed by atoms with Gasteiger partial charge in [-0.05, 0) is 43.2 Å². The van der Waals surface area contributed by atoms with Crippen LogP contribution in [0.3, 0.4) is 0 Å². The molecule has 0 radical (unpaired) electrons. The van der Waals surface area contributed by atoms with Crippen LogP contribution in [-0.2, 0) is 0 Å². The van der Waals surface area contributed by atoms with Gasteiger partial charge in [-0.3, -0.25) is 0 Å². The molecule has 0 bridgehead atoms. The van der Waals surface area contributed by atoms with Gasteiger partial charge < -0.3 is 10.4 Å². The smallest absolute Gasteiger partial charge is 0.337 e. The summed E-state index contributed by atoms with van der Waals surface area (Å²) in [7, 11) is 0. The lowest BCUT2D eigenvalue weighted by molar-refractivity contribution is 0.0696. The fraction of sp³-hybridized carbons (Fsp3) is 0.200. The second-order valence-electron chi connectivity index (χ2n) is 4.61. The molecule has 0 aliphatic heterocycles. The average molecular weight is 274 g/mol. The molecule has 20 heavy (non-hydrogen) atoms. The molecule has 0 aliphatic rings. The summed E-state index contributed by atoms with van der Waals surface area (Å²) in [5.41, 5.74) is 1.53. The van der Waals surface area contributed by atoms with Gasteiger partial charge >= 0.3 is 5.97 Å². The van der Waals surface area contributed by atoms with Crippen molar-refractivity contribution in [1.29, 1.82) is 0 Å². The van der Waals surface area contributed by atoms with Gasteiger partial charge in [-0.2, -0.15) is 0 Å². The molecule has 2 aromatic rings. The topological polar surface area (TPSA) is 62.2 Å². The lowest BCUT2D eigenvalue weighted by atomic mass is 10.1. The van der Waals surface area contributed by atoms with E-state index in [0.29, 0.717) is 11.4 Å². The molecule has 1 aromatic carbocycles. The minimum Gasteiger partial charge on any atom is -0.478 e. The first-order valence-corrected chi connectivity index (χ1v) is 6.19. The maximum Gasteiger partial charge on any atom is 0.337 e. The van der Waals surface area contributed by atoms with Crippen LogP contribution in [0.1, 0.15) is 34.5 Å². The first-order chi connectivity index (χ1) is 9.47. The van der Waals surface area contributed by atoms with E-state index in [1.807, 2.05) is 13.0 Å². The quantitative estimate of drug-likeness (QED) is 0.897. The van der Waals surface area contributed by atoms with Crippen molar-refractivity contribution in [2.45, 2.75) is 19.9 Å². The molecule has 1 aromatic heterocycles. The molecule has 2 rings (SSSR count). The third kappa shape index (κ3) is 3.12. The summed E-state index contributed by atoms with van der Waals surface area (Å²) < 4.78 is 13.5. The molecule has 5 heteroatoms. The minimum atomic E-state index is -1.02. The van der Waals surface area contributed by atoms with Crippen LogP contribution in [0.15, 0.2) is 36.5 Å². The zero-order valence-corrected chi connectivity index (χ0v) is 11.2. The lowest BCUT2D eigenvalue weighted by Crippen LogP contribution is -2.09. The van der Waals surface area contributed by atoms with Crippen molar-refractivity contribution in [2.24, 2.45) is 0 Å². The van der Waals surface area contributed by atoms with E-state index in [0.717, 1.165) is 5.56 Å². The van der Waals surface area contributed by atoms with E-state index < -0.39 is 5.97 Å². The van der Waals surface area contributed by atoms with Gasteiger partial charge in [-0.15, -0.1) is 0 Å². The SMILES string of the molecule is Cc1ccc(C(C)Nc2ccc(C(=O)O)cn2)cc1F. The van der Waals surface area contributed by atoms with E-state index in [1.54, 1.807) is 19.1 Å². The number of aromatic carboxylic acids is 1. The molecule has 0 aliphatic carbocycles. The van der Waals surface area contributed by atoms with Crippen LogP contribution in [0.2, 0.25) is 0 Å². The number of anilines is 1. The number of nitrogens with one attached hydrogen (secondary N) is 1. The fourth-order valence-electron chi connectivity index (χ4n) is 1.79. The number of nitrogens with zero attached hydrogens (tertiary/aromatic N) is 1. The highest BCUT2D eigenvalue weighted by Gasteiger charge is 2.09. The monoisotopic (exact) mass is 274 g/mol. The van der Waals surface area contributed by atoms with Crippen LogP contribution in [-0.4, -0.2) is 16.1 Å². The molecule has 0 fully saturated rings. The predicted octanol–water partition coefficient (Wildman–Crippen LogP) is 3.40. The molecule has 0 spiro atoms. The van der Waals surface area contributed by atoms with Gasteiger partial charge in [0, 0.05) is 6.20 Å². The van der Waals surface area contributed by atoms with Gasteiger partial charge in [0.1, 0.15) is 11.6 Å². The maximum absolute atomic E-state index is 13.5. The molecule has 1 unspecified atom stereocenters. The third-order valence-electron chi connectivity index (χ3n) is 3.07. The number of aryl methyl sites for hydroxylation is 1. The average Bonchev–Trinajstić information content (AvgIpc) is 2.42. The number of carboxylic acids is 1. The van der Waals surface area contributed by atoms with Crippen molar-refractivity contribution in [2.75, 3.05) is 5.32 Å². The van der Waals surface area contributed by atoms with E-state index in [9.17, 15) is 9.18 Å². The Labute approximate surface area is 116 Å². The molecule has 4 nitrogen and oxygen atoms in total. The zero-order valence-electron chi connectivity index (χ0n) is 11.2. The summed E-state index contributed by atoms with van der Waals surface area (Å²) in [4.78, 5) is 14.7. The number of benzene rings is 1. The molecule has 2 N–H and O–H groups in total. The fourth-order valence-corrected chi connectivity index (χ4v) is 1.79. The Morgan fingerprint density at radius 2 is 2.10 bits per heavy atom. The number of hydrogen-bond donors (Lipinski definition) is 2. The molecule has 0 amide bonds. The van der Waals surface area contributed by atoms with Crippen LogP contribution >= 0.6 is 0 Å². The van der Waals surface area contributed by atoms with Crippen molar-refractivity contribution in [3.05, 3.63) is 59.0 Å². The second-order valence-corrected chi connectivity index (χ2v) is 4.61. The standard InChI is InChI=1S/C15H15FN2O2/c1-9-3-4-11(7-13(9)16)10(2)18-14-6-5-12(8-17-14)15(19)20/h3-8,10H,1-2H3,(H,17,18)(H,19,20). The van der Waals surface area contributed by atoms with Gasteiger partial charge in [-0.25, -0.2) is 14.2 Å². The Morgan fingerprint density at radius 3 is 2.65 bits per heavy atom. The Morgan fingerprint density at radius 1 is 1.35 bits per heavy atom. The van der Waals surface area contributed by atoms with Gasteiger partial charge in [0.2, 0.25) is 0 Å². The highest BCUT2D eigenvalue weighted by atomic mass is 19.1. The summed E-state index contributed by atoms with van der Waals surface area (Å²) in [5, 5.41) is 11.9. The number of rotatable bonds is 4. The van der Waals surface area contributed by atoms with E-state index in [-0.39, 0.29) is 17.4 Å². The molecule has 104 valence electrons. The van der Waals surface area contributed by atoms with Crippen molar-refractivity contribution >= 4 is 11.8 Å². The van der Waals surface area contributed by atoms with Gasteiger partial charge in [-0.1, -0.05) is 12.1 Å². The first-order valence-electron chi connectivity index (χ1n) is 6.19. The van der Waals surface area contributed by atoms with Crippen molar-refractivity contribution < 1.29 is 14.3 Å². The molecule has 1 atom stereocenters. The number of halogens is 1. The van der Waals surface area contributed by atoms with E-state index in [2.05, 4.69) is 10.3 Å². The summed E-state index contributed by atoms with van der Waals surface area (Å²) in [6.45, 7) is 3.60. The van der Waals surface area contributed by atoms with E-state index in [4.69, 9.17) is 5.11 Å². The largest absolute Gasteiger partial charge is 0.478 e. The van der Waals surface area contributed by atoms with Crippen LogP contribution in [0, 0.1) is 12.7 Å². The van der Waals surface area contributed by atoms with Crippen molar-refractivity contribution in [1.82, 2.24) is 4.98 Å². The first kappa shape index (κ1) is 14.0. The van der Waals surface area contributed by atoms with E-state index in [1.165, 1.54) is 18.3 Å². The summed E-state index contributed by atoms with van der Waals surface area (Å²) >= 11 is 0. The van der Waals surface area contributed by atoms with Gasteiger partial charge in [0.05, 0.1) is 11.6 Å². The molecular formula is C15H15FN2O2. The normalized spacial score (nSPS) is 11.9. The minimum absolute atomic E-state index is 0.129. The number of carbonyl (C=O) groups is 1. The van der Waals surface area contributed by atoms with Crippen LogP contribution in [0.25, 0.3) is 0 Å². The molecular weight excluding hydrogens is 259 g/mol. The lowest BCUT2D eigenvalue weighted by Gasteiger charge is -2.15. The Hall–Kier alpha value is -2.43. The van der Waals surface area contributed by atoms with Gasteiger partial charge in [0.25, 0.3) is 0 Å². The summed E-state index contributed by atoms with van der Waals surface area (Å²) in [5.74, 6) is -0.716. The van der Waals surface area contributed by atoms with Crippen LogP contribution in [0.4, 0.5) is 10.2 Å². The second kappa shape index (κ2) is 5.69. The summed E-state index contributed by atoms with van der Waals surface area (Å²) in [6, 6.07) is 7.99. The Balaban J connectivity index is 2.12. The molecule has 1 heterocycles. The summed E-state index contributed by atoms with van der Waals surface area (Å²) in [6.07, 6.45) is 1.28. The van der Waals surface area contributed by atoms with Crippen molar-refractivity contribution in [3.8, 4) is 0 Å². The predicted molar refractivity (Wildman–Crippen MR) is 74.4 cm³/mol. The number of pyridine rings is 1. The number of hydrogen-bond acceptors (Lipinski definition) is 3. The van der Waals surface area contributed by atoms with Crippen LogP contribution in [0.5, 0.6) is 0 Å².